The number of aromatic carboxylic acids is 1. The van der Waals surface area contributed by atoms with Crippen molar-refractivity contribution >= 4 is 17.6 Å². The van der Waals surface area contributed by atoms with Crippen LogP contribution < -0.4 is 5.32 Å². The number of carboxylic acids is 1. The van der Waals surface area contributed by atoms with Crippen LogP contribution in [0.3, 0.4) is 0 Å². The largest absolute Gasteiger partial charge is 0.476 e. The van der Waals surface area contributed by atoms with E-state index in [1.54, 1.807) is 30.5 Å². The molecular weight excluding hydrogens is 344 g/mol. The van der Waals surface area contributed by atoms with Gasteiger partial charge in [-0.05, 0) is 52.0 Å². The van der Waals surface area contributed by atoms with Crippen LogP contribution in [0.15, 0.2) is 42.6 Å². The number of amides is 1. The van der Waals surface area contributed by atoms with E-state index >= 15 is 0 Å². The van der Waals surface area contributed by atoms with E-state index in [0.29, 0.717) is 16.9 Å². The molecule has 7 heteroatoms. The van der Waals surface area contributed by atoms with Gasteiger partial charge in [0.05, 0.1) is 16.9 Å². The van der Waals surface area contributed by atoms with Gasteiger partial charge in [0, 0.05) is 23.6 Å². The summed E-state index contributed by atoms with van der Waals surface area (Å²) in [5, 5.41) is 16.0. The number of anilines is 1. The summed E-state index contributed by atoms with van der Waals surface area (Å²) >= 11 is 0. The Morgan fingerprint density at radius 2 is 1.85 bits per heavy atom. The fraction of sp³-hybridized carbons (Fsp3) is 0.250. The number of carboxylic acid groups (broad SMARTS) is 1. The highest BCUT2D eigenvalue weighted by Crippen LogP contribution is 2.24. The van der Waals surface area contributed by atoms with Gasteiger partial charge in [-0.2, -0.15) is 5.10 Å². The first-order chi connectivity index (χ1) is 12.8. The van der Waals surface area contributed by atoms with Crippen LogP contribution in [0.25, 0.3) is 5.69 Å². The van der Waals surface area contributed by atoms with Crippen molar-refractivity contribution in [2.75, 3.05) is 5.32 Å². The third-order valence-corrected chi connectivity index (χ3v) is 4.45. The van der Waals surface area contributed by atoms with E-state index in [2.05, 4.69) is 28.8 Å². The maximum absolute atomic E-state index is 12.9. The first-order valence-electron chi connectivity index (χ1n) is 8.67. The summed E-state index contributed by atoms with van der Waals surface area (Å²) in [6.07, 6.45) is 1.55. The fourth-order valence-electron chi connectivity index (χ4n) is 3.34. The van der Waals surface area contributed by atoms with Gasteiger partial charge in [0.2, 0.25) is 0 Å². The lowest BCUT2D eigenvalue weighted by molar-refractivity contribution is 0.0689. The second-order valence-electron chi connectivity index (χ2n) is 6.67. The first kappa shape index (κ1) is 18.4. The maximum Gasteiger partial charge on any atom is 0.356 e. The molecule has 3 aromatic rings. The van der Waals surface area contributed by atoms with Crippen LogP contribution in [0.2, 0.25) is 0 Å². The highest BCUT2D eigenvalue weighted by Gasteiger charge is 2.19. The van der Waals surface area contributed by atoms with Gasteiger partial charge in [0.25, 0.3) is 5.91 Å². The number of nitrogens with one attached hydrogen (secondary N) is 1. The van der Waals surface area contributed by atoms with Crippen LogP contribution in [0.4, 0.5) is 5.69 Å². The molecule has 0 aliphatic heterocycles. The van der Waals surface area contributed by atoms with Crippen molar-refractivity contribution in [2.45, 2.75) is 33.7 Å². The molecule has 0 unspecified atom stereocenters. The highest BCUT2D eigenvalue weighted by atomic mass is 16.4. The lowest BCUT2D eigenvalue weighted by atomic mass is 10.2. The number of rotatable bonds is 5. The number of benzene rings is 1. The summed E-state index contributed by atoms with van der Waals surface area (Å²) in [7, 11) is 0. The molecule has 3 rings (SSSR count). The van der Waals surface area contributed by atoms with Crippen molar-refractivity contribution in [2.24, 2.45) is 0 Å². The second-order valence-corrected chi connectivity index (χ2v) is 6.67. The lowest BCUT2D eigenvalue weighted by Crippen LogP contribution is -2.15. The Kier molecular flexibility index (Phi) is 4.85. The Hall–Kier alpha value is -3.35. The normalized spacial score (nSPS) is 11.0. The van der Waals surface area contributed by atoms with E-state index in [4.69, 9.17) is 5.11 Å². The smallest absolute Gasteiger partial charge is 0.356 e. The minimum Gasteiger partial charge on any atom is -0.476 e. The number of nitrogens with zero attached hydrogens (tertiary/aromatic N) is 3. The zero-order valence-electron chi connectivity index (χ0n) is 15.7. The zero-order valence-corrected chi connectivity index (χ0v) is 15.7. The Bertz CT molecular complexity index is 1010. The summed E-state index contributed by atoms with van der Waals surface area (Å²) in [5.74, 6) is -1.32. The van der Waals surface area contributed by atoms with Crippen LogP contribution in [0.5, 0.6) is 0 Å². The summed E-state index contributed by atoms with van der Waals surface area (Å²) in [6.45, 7) is 8.07. The molecule has 2 heterocycles. The monoisotopic (exact) mass is 366 g/mol. The third kappa shape index (κ3) is 3.48. The van der Waals surface area contributed by atoms with Gasteiger partial charge in [-0.25, -0.2) is 9.48 Å². The van der Waals surface area contributed by atoms with E-state index in [1.807, 2.05) is 19.9 Å². The van der Waals surface area contributed by atoms with Crippen LogP contribution in [0.1, 0.15) is 52.1 Å². The van der Waals surface area contributed by atoms with E-state index in [9.17, 15) is 9.59 Å². The fourth-order valence-corrected chi connectivity index (χ4v) is 3.34. The molecule has 0 spiro atoms. The lowest BCUT2D eigenvalue weighted by Gasteiger charge is -2.14. The summed E-state index contributed by atoms with van der Waals surface area (Å²) < 4.78 is 3.56. The van der Waals surface area contributed by atoms with E-state index in [0.717, 1.165) is 11.4 Å². The molecule has 0 bridgehead atoms. The van der Waals surface area contributed by atoms with E-state index in [-0.39, 0.29) is 17.6 Å². The van der Waals surface area contributed by atoms with Gasteiger partial charge >= 0.3 is 5.97 Å². The van der Waals surface area contributed by atoms with Crippen LogP contribution in [0, 0.1) is 13.8 Å². The molecule has 2 aromatic heterocycles. The SMILES string of the molecule is Cc1cc(C(=O)Nc2ccccc2-n2ccc(C(=O)O)n2)c(C)n1C(C)C. The molecule has 1 amide bonds. The second kappa shape index (κ2) is 7.11. The van der Waals surface area contributed by atoms with Crippen molar-refractivity contribution in [3.63, 3.8) is 0 Å². The number of para-hydroxylation sites is 2. The Balaban J connectivity index is 1.94. The van der Waals surface area contributed by atoms with Gasteiger partial charge in [0.15, 0.2) is 5.69 Å². The molecule has 0 fully saturated rings. The molecular formula is C20H22N4O3. The molecule has 27 heavy (non-hydrogen) atoms. The highest BCUT2D eigenvalue weighted by molar-refractivity contribution is 6.06. The number of hydrogen-bond acceptors (Lipinski definition) is 3. The van der Waals surface area contributed by atoms with E-state index < -0.39 is 5.97 Å². The van der Waals surface area contributed by atoms with Crippen molar-refractivity contribution in [1.29, 1.82) is 0 Å². The van der Waals surface area contributed by atoms with Crippen molar-refractivity contribution < 1.29 is 14.7 Å². The topological polar surface area (TPSA) is 89.2 Å². The van der Waals surface area contributed by atoms with Gasteiger partial charge < -0.3 is 15.0 Å². The minimum atomic E-state index is -1.10. The molecule has 140 valence electrons. The zero-order chi connectivity index (χ0) is 19.7. The molecule has 7 nitrogen and oxygen atoms in total. The summed E-state index contributed by atoms with van der Waals surface area (Å²) in [6, 6.07) is 10.7. The quantitative estimate of drug-likeness (QED) is 0.718. The van der Waals surface area contributed by atoms with Gasteiger partial charge in [-0.15, -0.1) is 0 Å². The van der Waals surface area contributed by atoms with Crippen LogP contribution in [-0.4, -0.2) is 31.3 Å². The molecule has 0 radical (unpaired) electrons. The van der Waals surface area contributed by atoms with Crippen molar-refractivity contribution in [3.8, 4) is 5.69 Å². The number of aromatic nitrogens is 3. The molecule has 2 N–H and O–H groups in total. The molecule has 0 aliphatic carbocycles. The minimum absolute atomic E-state index is 0.0587. The average molecular weight is 366 g/mol. The maximum atomic E-state index is 12.9. The molecule has 0 saturated heterocycles. The first-order valence-corrected chi connectivity index (χ1v) is 8.67. The van der Waals surface area contributed by atoms with Gasteiger partial charge in [-0.3, -0.25) is 4.79 Å². The molecule has 1 aromatic carbocycles. The number of carbonyl (C=O) groups is 2. The number of hydrogen-bond donors (Lipinski definition) is 2. The van der Waals surface area contributed by atoms with E-state index in [1.165, 1.54) is 10.7 Å². The molecule has 0 aliphatic rings. The Labute approximate surface area is 157 Å². The van der Waals surface area contributed by atoms with Crippen LogP contribution >= 0.6 is 0 Å². The van der Waals surface area contributed by atoms with Crippen LogP contribution in [-0.2, 0) is 0 Å². The Morgan fingerprint density at radius 1 is 1.15 bits per heavy atom. The van der Waals surface area contributed by atoms with Crippen molar-refractivity contribution in [3.05, 3.63) is 65.2 Å². The third-order valence-electron chi connectivity index (χ3n) is 4.45. The molecule has 0 atom stereocenters. The van der Waals surface area contributed by atoms with Gasteiger partial charge in [-0.1, -0.05) is 12.1 Å². The predicted octanol–water partition coefficient (Wildman–Crippen LogP) is 3.82. The average Bonchev–Trinajstić information content (AvgIpc) is 3.20. The molecule has 0 saturated carbocycles. The number of carbonyl (C=O) groups excluding carboxylic acids is 1. The predicted molar refractivity (Wildman–Crippen MR) is 103 cm³/mol. The van der Waals surface area contributed by atoms with Gasteiger partial charge in [0.1, 0.15) is 0 Å². The standard InChI is InChI=1S/C20H22N4O3/c1-12(2)24-13(3)11-15(14(24)4)19(25)21-16-7-5-6-8-18(16)23-10-9-17(22-23)20(26)27/h5-12H,1-4H3,(H,21,25)(H,26,27). The summed E-state index contributed by atoms with van der Waals surface area (Å²) in [5.41, 5.74) is 3.64. The summed E-state index contributed by atoms with van der Waals surface area (Å²) in [4.78, 5) is 23.9. The Morgan fingerprint density at radius 3 is 2.44 bits per heavy atom. The number of aryl methyl sites for hydroxylation is 1. The van der Waals surface area contributed by atoms with Crippen molar-refractivity contribution in [1.82, 2.24) is 14.3 Å².